The molecule has 0 spiro atoms. The molecule has 0 bridgehead atoms. The quantitative estimate of drug-likeness (QED) is 0.927. The molecule has 2 N–H and O–H groups in total. The average molecular weight is 308 g/mol. The van der Waals surface area contributed by atoms with Crippen LogP contribution in [0, 0.1) is 0 Å². The van der Waals surface area contributed by atoms with E-state index in [1.54, 1.807) is 0 Å². The van der Waals surface area contributed by atoms with E-state index in [2.05, 4.69) is 21.9 Å². The molecule has 1 aliphatic heterocycles. The van der Waals surface area contributed by atoms with Gasteiger partial charge in [0, 0.05) is 49.0 Å². The molecule has 3 rings (SSSR count). The first-order chi connectivity index (χ1) is 10.1. The summed E-state index contributed by atoms with van der Waals surface area (Å²) in [5.41, 5.74) is 7.83. The Morgan fingerprint density at radius 3 is 2.48 bits per heavy atom. The minimum absolute atomic E-state index is 0.129. The van der Waals surface area contributed by atoms with Crippen LogP contribution in [0.5, 0.6) is 0 Å². The van der Waals surface area contributed by atoms with E-state index in [0.29, 0.717) is 0 Å². The van der Waals surface area contributed by atoms with Crippen molar-refractivity contribution in [3.63, 3.8) is 0 Å². The summed E-state index contributed by atoms with van der Waals surface area (Å²) in [6.07, 6.45) is 6.23. The molecule has 1 saturated heterocycles. The molecule has 4 heteroatoms. The average Bonchev–Trinajstić information content (AvgIpc) is 2.93. The lowest BCUT2D eigenvalue weighted by Crippen LogP contribution is -2.48. The zero-order valence-corrected chi connectivity index (χ0v) is 13.5. The maximum absolute atomic E-state index is 6.46. The summed E-state index contributed by atoms with van der Waals surface area (Å²) in [7, 11) is 0. The van der Waals surface area contributed by atoms with E-state index in [9.17, 15) is 0 Å². The number of nitrogens with zero attached hydrogens (tertiary/aromatic N) is 2. The molecule has 1 aliphatic carbocycles. The van der Waals surface area contributed by atoms with Crippen molar-refractivity contribution in [3.05, 3.63) is 29.3 Å². The highest BCUT2D eigenvalue weighted by Gasteiger charge is 2.29. The van der Waals surface area contributed by atoms with Crippen molar-refractivity contribution in [2.45, 2.75) is 37.6 Å². The predicted molar refractivity (Wildman–Crippen MR) is 90.1 cm³/mol. The summed E-state index contributed by atoms with van der Waals surface area (Å²) in [5.74, 6) is 0. The standard InChI is InChI=1S/C17H26ClN3/c18-15-4-3-5-16(14-15)21-12-10-20(11-13-21)9-8-17(19)6-1-2-7-17/h3-5,14H,1-2,6-13,19H2. The van der Waals surface area contributed by atoms with Gasteiger partial charge in [-0.1, -0.05) is 30.5 Å². The van der Waals surface area contributed by atoms with Gasteiger partial charge in [-0.15, -0.1) is 0 Å². The first-order valence-electron chi connectivity index (χ1n) is 8.16. The Kier molecular flexibility index (Phi) is 4.72. The minimum atomic E-state index is 0.129. The smallest absolute Gasteiger partial charge is 0.0426 e. The van der Waals surface area contributed by atoms with Gasteiger partial charge in [-0.25, -0.2) is 0 Å². The molecule has 0 aromatic heterocycles. The molecule has 0 unspecified atom stereocenters. The van der Waals surface area contributed by atoms with E-state index in [1.807, 2.05) is 12.1 Å². The highest BCUT2D eigenvalue weighted by Crippen LogP contribution is 2.30. The van der Waals surface area contributed by atoms with Gasteiger partial charge in [0.2, 0.25) is 0 Å². The Morgan fingerprint density at radius 1 is 1.10 bits per heavy atom. The molecule has 0 amide bonds. The van der Waals surface area contributed by atoms with Crippen molar-refractivity contribution in [1.82, 2.24) is 4.90 Å². The van der Waals surface area contributed by atoms with E-state index in [1.165, 1.54) is 31.4 Å². The third-order valence-electron chi connectivity index (χ3n) is 5.07. The zero-order valence-electron chi connectivity index (χ0n) is 12.7. The number of piperazine rings is 1. The Balaban J connectivity index is 1.47. The van der Waals surface area contributed by atoms with Gasteiger partial charge in [-0.05, 0) is 37.5 Å². The largest absolute Gasteiger partial charge is 0.369 e. The maximum atomic E-state index is 6.46. The molecular formula is C17H26ClN3. The second kappa shape index (κ2) is 6.55. The molecule has 0 atom stereocenters. The van der Waals surface area contributed by atoms with E-state index in [0.717, 1.165) is 44.2 Å². The Labute approximate surface area is 133 Å². The van der Waals surface area contributed by atoms with Crippen molar-refractivity contribution in [1.29, 1.82) is 0 Å². The van der Waals surface area contributed by atoms with Crippen molar-refractivity contribution in [2.75, 3.05) is 37.6 Å². The molecule has 1 heterocycles. The zero-order chi connectivity index (χ0) is 14.7. The fourth-order valence-corrected chi connectivity index (χ4v) is 3.80. The van der Waals surface area contributed by atoms with Gasteiger partial charge < -0.3 is 10.6 Å². The molecule has 1 aromatic rings. The van der Waals surface area contributed by atoms with Crippen LogP contribution in [0.2, 0.25) is 5.02 Å². The van der Waals surface area contributed by atoms with Crippen LogP contribution in [0.3, 0.4) is 0 Å². The first kappa shape index (κ1) is 15.1. The number of halogens is 1. The summed E-state index contributed by atoms with van der Waals surface area (Å²) >= 11 is 6.08. The summed E-state index contributed by atoms with van der Waals surface area (Å²) in [4.78, 5) is 4.99. The molecule has 2 fully saturated rings. The molecular weight excluding hydrogens is 282 g/mol. The molecule has 3 nitrogen and oxygen atoms in total. The minimum Gasteiger partial charge on any atom is -0.369 e. The van der Waals surface area contributed by atoms with Crippen LogP contribution in [0.4, 0.5) is 5.69 Å². The number of hydrogen-bond donors (Lipinski definition) is 1. The van der Waals surface area contributed by atoms with Gasteiger partial charge in [0.1, 0.15) is 0 Å². The van der Waals surface area contributed by atoms with Gasteiger partial charge in [0.15, 0.2) is 0 Å². The van der Waals surface area contributed by atoms with Crippen molar-refractivity contribution in [2.24, 2.45) is 5.73 Å². The van der Waals surface area contributed by atoms with Crippen LogP contribution in [0.1, 0.15) is 32.1 Å². The Hall–Kier alpha value is -0.770. The summed E-state index contributed by atoms with van der Waals surface area (Å²) in [6, 6.07) is 8.17. The normalized spacial score (nSPS) is 22.7. The fourth-order valence-electron chi connectivity index (χ4n) is 3.61. The highest BCUT2D eigenvalue weighted by molar-refractivity contribution is 6.30. The van der Waals surface area contributed by atoms with E-state index < -0.39 is 0 Å². The second-order valence-electron chi connectivity index (χ2n) is 6.63. The lowest BCUT2D eigenvalue weighted by Gasteiger charge is -2.37. The number of hydrogen-bond acceptors (Lipinski definition) is 3. The maximum Gasteiger partial charge on any atom is 0.0426 e. The van der Waals surface area contributed by atoms with E-state index >= 15 is 0 Å². The fraction of sp³-hybridized carbons (Fsp3) is 0.647. The lowest BCUT2D eigenvalue weighted by atomic mass is 9.94. The third kappa shape index (κ3) is 3.91. The highest BCUT2D eigenvalue weighted by atomic mass is 35.5. The van der Waals surface area contributed by atoms with Gasteiger partial charge >= 0.3 is 0 Å². The van der Waals surface area contributed by atoms with Gasteiger partial charge in [-0.3, -0.25) is 4.90 Å². The first-order valence-corrected chi connectivity index (χ1v) is 8.54. The monoisotopic (exact) mass is 307 g/mol. The van der Waals surface area contributed by atoms with Gasteiger partial charge in [0.25, 0.3) is 0 Å². The molecule has 1 aromatic carbocycles. The van der Waals surface area contributed by atoms with Crippen LogP contribution in [-0.4, -0.2) is 43.2 Å². The van der Waals surface area contributed by atoms with Gasteiger partial charge in [-0.2, -0.15) is 0 Å². The lowest BCUT2D eigenvalue weighted by molar-refractivity contribution is 0.227. The Bertz CT molecular complexity index is 463. The van der Waals surface area contributed by atoms with Crippen LogP contribution < -0.4 is 10.6 Å². The summed E-state index contributed by atoms with van der Waals surface area (Å²) < 4.78 is 0. The molecule has 0 radical (unpaired) electrons. The van der Waals surface area contributed by atoms with Crippen LogP contribution in [0.25, 0.3) is 0 Å². The van der Waals surface area contributed by atoms with Crippen LogP contribution in [-0.2, 0) is 0 Å². The molecule has 21 heavy (non-hydrogen) atoms. The second-order valence-corrected chi connectivity index (χ2v) is 7.06. The number of rotatable bonds is 4. The van der Waals surface area contributed by atoms with Crippen molar-refractivity contribution in [3.8, 4) is 0 Å². The van der Waals surface area contributed by atoms with E-state index in [-0.39, 0.29) is 5.54 Å². The predicted octanol–water partition coefficient (Wildman–Crippen LogP) is 3.12. The summed E-state index contributed by atoms with van der Waals surface area (Å²) in [5, 5.41) is 0.821. The molecule has 116 valence electrons. The molecule has 1 saturated carbocycles. The third-order valence-corrected chi connectivity index (χ3v) is 5.31. The SMILES string of the molecule is NC1(CCN2CCN(c3cccc(Cl)c3)CC2)CCCC1. The van der Waals surface area contributed by atoms with Crippen molar-refractivity contribution < 1.29 is 0 Å². The van der Waals surface area contributed by atoms with Crippen molar-refractivity contribution >= 4 is 17.3 Å². The Morgan fingerprint density at radius 2 is 1.81 bits per heavy atom. The number of benzene rings is 1. The van der Waals surface area contributed by atoms with E-state index in [4.69, 9.17) is 17.3 Å². The number of nitrogens with two attached hydrogens (primary N) is 1. The van der Waals surface area contributed by atoms with Crippen LogP contribution in [0.15, 0.2) is 24.3 Å². The topological polar surface area (TPSA) is 32.5 Å². The molecule has 2 aliphatic rings. The van der Waals surface area contributed by atoms with Crippen LogP contribution >= 0.6 is 11.6 Å². The summed E-state index contributed by atoms with van der Waals surface area (Å²) in [6.45, 7) is 5.57. The number of anilines is 1. The van der Waals surface area contributed by atoms with Gasteiger partial charge in [0.05, 0.1) is 0 Å².